The van der Waals surface area contributed by atoms with Crippen molar-refractivity contribution in [3.8, 4) is 5.75 Å². The first-order chi connectivity index (χ1) is 21.6. The summed E-state index contributed by atoms with van der Waals surface area (Å²) in [6.07, 6.45) is 4.38. The molecule has 0 radical (unpaired) electrons. The summed E-state index contributed by atoms with van der Waals surface area (Å²) in [6.45, 7) is 7.66. The Kier molecular flexibility index (Phi) is 8.70. The standard InChI is InChI=1S/C36H38N6O2/c1-37-18-20-40(2)21-22-42-33-17-19-41(24-28-15-16-34(44-3)31-14-7-6-13-30(28)31)25-32(33)35(39-42)36(43)38-23-27-11-8-10-26-9-4-5-12-29(26)27/h4-16,18,20H,1,17,19,21-25H2,2-3H3,(H,38,43)/b20-18-. The number of likely N-dealkylation sites (N-methyl/N-ethyl adjacent to an activating group) is 1. The number of carbonyl (C=O) groups is 1. The van der Waals surface area contributed by atoms with Crippen LogP contribution in [0.15, 0.2) is 96.3 Å². The maximum absolute atomic E-state index is 13.8. The molecule has 0 spiro atoms. The third-order valence-corrected chi connectivity index (χ3v) is 8.43. The SMILES string of the molecule is C=N/C=C\N(C)CCn1nc(C(=O)NCc2cccc3ccccc23)c2c1CCN(Cc1ccc(OC)c3ccccc13)C2. The summed E-state index contributed by atoms with van der Waals surface area (Å²) in [5.74, 6) is 0.731. The predicted molar refractivity (Wildman–Crippen MR) is 177 cm³/mol. The highest BCUT2D eigenvalue weighted by Crippen LogP contribution is 2.31. The van der Waals surface area contributed by atoms with E-state index >= 15 is 0 Å². The van der Waals surface area contributed by atoms with E-state index in [0.717, 1.165) is 64.8 Å². The van der Waals surface area contributed by atoms with Gasteiger partial charge in [0.15, 0.2) is 5.69 Å². The van der Waals surface area contributed by atoms with E-state index in [1.807, 2.05) is 53.2 Å². The van der Waals surface area contributed by atoms with E-state index in [-0.39, 0.29) is 5.91 Å². The van der Waals surface area contributed by atoms with Crippen LogP contribution in [0.1, 0.15) is 32.9 Å². The Balaban J connectivity index is 1.26. The lowest BCUT2D eigenvalue weighted by Crippen LogP contribution is -2.32. The lowest BCUT2D eigenvalue weighted by Gasteiger charge is -2.28. The quantitative estimate of drug-likeness (QED) is 0.198. The average Bonchev–Trinajstić information content (AvgIpc) is 3.43. The zero-order chi connectivity index (χ0) is 30.5. The monoisotopic (exact) mass is 586 g/mol. The number of hydrogen-bond acceptors (Lipinski definition) is 6. The molecule has 1 aromatic heterocycles. The number of ether oxygens (including phenoxy) is 1. The van der Waals surface area contributed by atoms with Crippen molar-refractivity contribution in [2.24, 2.45) is 4.99 Å². The summed E-state index contributed by atoms with van der Waals surface area (Å²) in [6, 6.07) is 27.0. The normalized spacial score (nSPS) is 13.3. The van der Waals surface area contributed by atoms with E-state index < -0.39 is 0 Å². The number of amides is 1. The lowest BCUT2D eigenvalue weighted by molar-refractivity contribution is 0.0942. The van der Waals surface area contributed by atoms with Gasteiger partial charge in [0.1, 0.15) is 5.75 Å². The fourth-order valence-electron chi connectivity index (χ4n) is 6.13. The molecule has 0 unspecified atom stereocenters. The fraction of sp³-hybridized carbons (Fsp3) is 0.250. The minimum Gasteiger partial charge on any atom is -0.496 e. The van der Waals surface area contributed by atoms with Crippen molar-refractivity contribution in [1.29, 1.82) is 0 Å². The molecule has 8 heteroatoms. The van der Waals surface area contributed by atoms with E-state index in [0.29, 0.717) is 25.3 Å². The van der Waals surface area contributed by atoms with Crippen LogP contribution in [-0.2, 0) is 32.6 Å². The molecule has 5 aromatic rings. The molecule has 4 aromatic carbocycles. The van der Waals surface area contributed by atoms with E-state index in [2.05, 4.69) is 70.5 Å². The highest BCUT2D eigenvalue weighted by molar-refractivity contribution is 5.95. The maximum Gasteiger partial charge on any atom is 0.272 e. The summed E-state index contributed by atoms with van der Waals surface area (Å²) in [5.41, 5.74) is 4.98. The molecular formula is C36H38N6O2. The third-order valence-electron chi connectivity index (χ3n) is 8.43. The molecule has 0 saturated heterocycles. The first-order valence-electron chi connectivity index (χ1n) is 15.0. The maximum atomic E-state index is 13.8. The molecule has 0 bridgehead atoms. The molecule has 0 atom stereocenters. The van der Waals surface area contributed by atoms with E-state index in [9.17, 15) is 4.79 Å². The van der Waals surface area contributed by atoms with Gasteiger partial charge < -0.3 is 15.0 Å². The summed E-state index contributed by atoms with van der Waals surface area (Å²) in [4.78, 5) is 22.0. The number of benzene rings is 4. The molecule has 1 amide bonds. The molecule has 6 rings (SSSR count). The molecular weight excluding hydrogens is 548 g/mol. The highest BCUT2D eigenvalue weighted by Gasteiger charge is 2.28. The van der Waals surface area contributed by atoms with Gasteiger partial charge in [-0.1, -0.05) is 72.8 Å². The largest absolute Gasteiger partial charge is 0.496 e. The Morgan fingerprint density at radius 3 is 2.61 bits per heavy atom. The molecule has 0 aliphatic carbocycles. The summed E-state index contributed by atoms with van der Waals surface area (Å²) in [5, 5.41) is 12.7. The number of carbonyl (C=O) groups excluding carboxylic acids is 1. The van der Waals surface area contributed by atoms with Gasteiger partial charge in [0.05, 0.1) is 13.7 Å². The zero-order valence-corrected chi connectivity index (χ0v) is 25.4. The van der Waals surface area contributed by atoms with Crippen LogP contribution >= 0.6 is 0 Å². The first kappa shape index (κ1) is 29.1. The van der Waals surface area contributed by atoms with E-state index in [1.165, 1.54) is 10.9 Å². The minimum absolute atomic E-state index is 0.145. The smallest absolute Gasteiger partial charge is 0.272 e. The number of aromatic nitrogens is 2. The Morgan fingerprint density at radius 2 is 1.80 bits per heavy atom. The second-order valence-corrected chi connectivity index (χ2v) is 11.2. The van der Waals surface area contributed by atoms with E-state index in [1.54, 1.807) is 13.3 Å². The van der Waals surface area contributed by atoms with Crippen molar-refractivity contribution in [2.45, 2.75) is 32.6 Å². The number of nitrogens with one attached hydrogen (secondary N) is 1. The molecule has 2 heterocycles. The molecule has 1 aliphatic rings. The van der Waals surface area contributed by atoms with Crippen molar-refractivity contribution in [3.63, 3.8) is 0 Å². The second kappa shape index (κ2) is 13.1. The summed E-state index contributed by atoms with van der Waals surface area (Å²) >= 11 is 0. The number of nitrogens with zero attached hydrogens (tertiary/aromatic N) is 5. The predicted octanol–water partition coefficient (Wildman–Crippen LogP) is 5.79. The van der Waals surface area contributed by atoms with Gasteiger partial charge >= 0.3 is 0 Å². The second-order valence-electron chi connectivity index (χ2n) is 11.2. The average molecular weight is 587 g/mol. The molecule has 224 valence electrons. The zero-order valence-electron chi connectivity index (χ0n) is 25.4. The van der Waals surface area contributed by atoms with Crippen LogP contribution in [0, 0.1) is 0 Å². The molecule has 0 saturated carbocycles. The van der Waals surface area contributed by atoms with Gasteiger partial charge in [-0.05, 0) is 40.1 Å². The Hall–Kier alpha value is -4.95. The topological polar surface area (TPSA) is 75.0 Å². The molecule has 1 N–H and O–H groups in total. The van der Waals surface area contributed by atoms with E-state index in [4.69, 9.17) is 9.84 Å². The molecule has 1 aliphatic heterocycles. The van der Waals surface area contributed by atoms with Crippen molar-refractivity contribution in [1.82, 2.24) is 24.9 Å². The van der Waals surface area contributed by atoms with Crippen molar-refractivity contribution in [3.05, 3.63) is 119 Å². The summed E-state index contributed by atoms with van der Waals surface area (Å²) in [7, 11) is 3.71. The number of rotatable bonds is 11. The van der Waals surface area contributed by atoms with Crippen LogP contribution in [0.5, 0.6) is 5.75 Å². The van der Waals surface area contributed by atoms with Crippen molar-refractivity contribution >= 4 is 34.2 Å². The van der Waals surface area contributed by atoms with Crippen molar-refractivity contribution < 1.29 is 9.53 Å². The fourth-order valence-corrected chi connectivity index (χ4v) is 6.13. The minimum atomic E-state index is -0.145. The Morgan fingerprint density at radius 1 is 1.02 bits per heavy atom. The third kappa shape index (κ3) is 6.07. The molecule has 8 nitrogen and oxygen atoms in total. The van der Waals surface area contributed by atoms with Crippen molar-refractivity contribution in [2.75, 3.05) is 27.2 Å². The number of fused-ring (bicyclic) bond motifs is 3. The van der Waals surface area contributed by atoms with Gasteiger partial charge in [0, 0.05) is 75.2 Å². The van der Waals surface area contributed by atoms with Crippen LogP contribution < -0.4 is 10.1 Å². The van der Waals surface area contributed by atoms with Gasteiger partial charge in [0.2, 0.25) is 0 Å². The van der Waals surface area contributed by atoms with Crippen LogP contribution in [0.4, 0.5) is 0 Å². The highest BCUT2D eigenvalue weighted by atomic mass is 16.5. The Bertz CT molecular complexity index is 1840. The van der Waals surface area contributed by atoms with Gasteiger partial charge in [0.25, 0.3) is 5.91 Å². The first-order valence-corrected chi connectivity index (χ1v) is 15.0. The van der Waals surface area contributed by atoms with Gasteiger partial charge in [-0.2, -0.15) is 5.10 Å². The number of methoxy groups -OCH3 is 1. The van der Waals surface area contributed by atoms with Gasteiger partial charge in [-0.25, -0.2) is 0 Å². The van der Waals surface area contributed by atoms with Crippen LogP contribution in [-0.4, -0.2) is 59.5 Å². The van der Waals surface area contributed by atoms with Crippen LogP contribution in [0.2, 0.25) is 0 Å². The van der Waals surface area contributed by atoms with Gasteiger partial charge in [-0.15, -0.1) is 0 Å². The van der Waals surface area contributed by atoms with Gasteiger partial charge in [-0.3, -0.25) is 19.4 Å². The number of aliphatic imine (C=N–C) groups is 1. The summed E-state index contributed by atoms with van der Waals surface area (Å²) < 4.78 is 7.64. The molecule has 44 heavy (non-hydrogen) atoms. The van der Waals surface area contributed by atoms with Crippen LogP contribution in [0.25, 0.3) is 21.5 Å². The number of hydrogen-bond donors (Lipinski definition) is 1. The van der Waals surface area contributed by atoms with Crippen LogP contribution in [0.3, 0.4) is 0 Å². The Labute approximate surface area is 258 Å². The molecule has 0 fully saturated rings. The lowest BCUT2D eigenvalue weighted by atomic mass is 10.0.